The molecule has 0 fully saturated rings. The highest BCUT2D eigenvalue weighted by Gasteiger charge is 2.32. The van der Waals surface area contributed by atoms with Crippen molar-refractivity contribution in [2.45, 2.75) is 27.7 Å². The second kappa shape index (κ2) is 9.72. The van der Waals surface area contributed by atoms with Crippen molar-refractivity contribution < 1.29 is 18.7 Å². The van der Waals surface area contributed by atoms with E-state index in [2.05, 4.69) is 5.32 Å². The van der Waals surface area contributed by atoms with Crippen LogP contribution in [0.5, 0.6) is 0 Å². The fourth-order valence-electron chi connectivity index (χ4n) is 3.63. The lowest BCUT2D eigenvalue weighted by Gasteiger charge is -2.15. The Morgan fingerprint density at radius 3 is 2.34 bits per heavy atom. The van der Waals surface area contributed by atoms with Crippen LogP contribution in [0.3, 0.4) is 0 Å². The molecule has 0 unspecified atom stereocenters. The number of rotatable bonds is 5. The van der Waals surface area contributed by atoms with E-state index in [-0.39, 0.29) is 29.6 Å². The van der Waals surface area contributed by atoms with Crippen molar-refractivity contribution in [3.8, 4) is 22.4 Å². The van der Waals surface area contributed by atoms with Crippen molar-refractivity contribution in [2.75, 3.05) is 11.9 Å². The number of aromatic nitrogens is 1. The molecule has 0 saturated heterocycles. The topological polar surface area (TPSA) is 81.4 Å². The molecule has 6 nitrogen and oxygen atoms in total. The largest absolute Gasteiger partial charge is 0.450 e. The number of nitrogens with one attached hydrogen (secondary N) is 1. The number of amides is 1. The minimum atomic E-state index is -0.760. The van der Waals surface area contributed by atoms with E-state index in [4.69, 9.17) is 37.3 Å². The number of anilines is 1. The Hall–Kier alpha value is -3.35. The van der Waals surface area contributed by atoms with Crippen LogP contribution in [0, 0.1) is 5.41 Å². The molecular formula is C27H24Cl2N2O4. The number of pyridine rings is 1. The summed E-state index contributed by atoms with van der Waals surface area (Å²) in [5.74, 6) is -0.277. The molecule has 8 heteroatoms. The number of ether oxygens (including phenoxy) is 1. The maximum atomic E-state index is 13.2. The van der Waals surface area contributed by atoms with Crippen LogP contribution in [0.2, 0.25) is 10.0 Å². The van der Waals surface area contributed by atoms with Gasteiger partial charge in [0.2, 0.25) is 11.5 Å². The van der Waals surface area contributed by atoms with Crippen molar-refractivity contribution in [1.82, 2.24) is 4.98 Å². The molecule has 0 aliphatic carbocycles. The van der Waals surface area contributed by atoms with E-state index >= 15 is 0 Å². The Balaban J connectivity index is 2.04. The summed E-state index contributed by atoms with van der Waals surface area (Å²) >= 11 is 12.6. The van der Waals surface area contributed by atoms with Gasteiger partial charge in [0, 0.05) is 26.6 Å². The van der Waals surface area contributed by atoms with E-state index in [0.717, 1.165) is 11.1 Å². The number of hydrogen-bond donors (Lipinski definition) is 1. The molecule has 2 heterocycles. The minimum absolute atomic E-state index is 0.00594. The van der Waals surface area contributed by atoms with Crippen LogP contribution in [-0.2, 0) is 4.74 Å². The third-order valence-corrected chi connectivity index (χ3v) is 5.94. The fraction of sp³-hybridized carbons (Fsp3) is 0.222. The van der Waals surface area contributed by atoms with Crippen molar-refractivity contribution >= 4 is 51.9 Å². The zero-order chi connectivity index (χ0) is 25.3. The number of fused-ring (bicyclic) bond motifs is 1. The Morgan fingerprint density at radius 2 is 1.71 bits per heavy atom. The van der Waals surface area contributed by atoms with E-state index in [1.54, 1.807) is 45.9 Å². The average Bonchev–Trinajstić information content (AvgIpc) is 3.15. The van der Waals surface area contributed by atoms with Gasteiger partial charge < -0.3 is 9.15 Å². The molecule has 4 rings (SSSR count). The number of carbonyl (C=O) groups excluding carboxylic acids is 2. The number of hydrogen-bond acceptors (Lipinski definition) is 5. The summed E-state index contributed by atoms with van der Waals surface area (Å²) in [6, 6.07) is 16.4. The fourth-order valence-corrected chi connectivity index (χ4v) is 3.98. The number of Topliss-reactive ketones (excluding diaryl/α,β-unsaturated/α-hetero) is 1. The molecule has 2 aromatic heterocycles. The molecule has 0 spiro atoms. The van der Waals surface area contributed by atoms with Gasteiger partial charge in [-0.25, -0.2) is 9.78 Å². The smallest absolute Gasteiger partial charge is 0.411 e. The average molecular weight is 511 g/mol. The highest BCUT2D eigenvalue weighted by Crippen LogP contribution is 2.41. The molecule has 0 atom stereocenters. The monoisotopic (exact) mass is 510 g/mol. The molecule has 0 aliphatic rings. The lowest BCUT2D eigenvalue weighted by atomic mass is 9.89. The maximum absolute atomic E-state index is 13.2. The first-order chi connectivity index (χ1) is 16.6. The van der Waals surface area contributed by atoms with Gasteiger partial charge in [-0.3, -0.25) is 10.1 Å². The van der Waals surface area contributed by atoms with E-state index < -0.39 is 11.5 Å². The van der Waals surface area contributed by atoms with Gasteiger partial charge in [0.1, 0.15) is 5.69 Å². The van der Waals surface area contributed by atoms with E-state index in [1.165, 1.54) is 0 Å². The number of nitrogens with zero attached hydrogens (tertiary/aromatic N) is 1. The number of benzene rings is 2. The Kier molecular flexibility index (Phi) is 6.88. The summed E-state index contributed by atoms with van der Waals surface area (Å²) in [7, 11) is 0. The zero-order valence-corrected chi connectivity index (χ0v) is 21.3. The van der Waals surface area contributed by atoms with Crippen molar-refractivity contribution in [2.24, 2.45) is 5.41 Å². The summed E-state index contributed by atoms with van der Waals surface area (Å²) in [5, 5.41) is 4.25. The minimum Gasteiger partial charge on any atom is -0.450 e. The second-order valence-corrected chi connectivity index (χ2v) is 9.80. The summed E-state index contributed by atoms with van der Waals surface area (Å²) in [6.45, 7) is 7.20. The lowest BCUT2D eigenvalue weighted by molar-refractivity contribution is 0.0831. The van der Waals surface area contributed by atoms with E-state index in [0.29, 0.717) is 26.7 Å². The molecular weight excluding hydrogens is 487 g/mol. The van der Waals surface area contributed by atoms with Gasteiger partial charge in [0.15, 0.2) is 5.76 Å². The molecule has 180 valence electrons. The van der Waals surface area contributed by atoms with Crippen molar-refractivity contribution in [3.05, 3.63) is 70.4 Å². The summed E-state index contributed by atoms with van der Waals surface area (Å²) < 4.78 is 11.0. The highest BCUT2D eigenvalue weighted by atomic mass is 35.5. The quantitative estimate of drug-likeness (QED) is 0.273. The SMILES string of the molecule is CCOC(=O)Nc1c(C(=O)C(C)(C)C)oc2nc(-c3ccccc3Cl)c(-c3ccc(Cl)cc3)cc12. The summed E-state index contributed by atoms with van der Waals surface area (Å²) in [4.78, 5) is 30.4. The Bertz CT molecular complexity index is 1420. The van der Waals surface area contributed by atoms with E-state index in [1.807, 2.05) is 36.4 Å². The van der Waals surface area contributed by atoms with Crippen LogP contribution in [0.4, 0.5) is 10.5 Å². The van der Waals surface area contributed by atoms with Crippen LogP contribution in [-0.4, -0.2) is 23.5 Å². The molecule has 1 N–H and O–H groups in total. The molecule has 1 amide bonds. The van der Waals surface area contributed by atoms with Gasteiger partial charge in [-0.1, -0.05) is 74.3 Å². The first-order valence-corrected chi connectivity index (χ1v) is 11.8. The van der Waals surface area contributed by atoms with Crippen LogP contribution in [0.1, 0.15) is 38.2 Å². The zero-order valence-electron chi connectivity index (χ0n) is 19.7. The third-order valence-electron chi connectivity index (χ3n) is 5.36. The summed E-state index contributed by atoms with van der Waals surface area (Å²) in [6.07, 6.45) is -0.693. The molecule has 4 aromatic rings. The molecule has 0 aliphatic heterocycles. The molecule has 0 bridgehead atoms. The van der Waals surface area contributed by atoms with Crippen molar-refractivity contribution in [3.63, 3.8) is 0 Å². The van der Waals surface area contributed by atoms with Gasteiger partial charge in [-0.2, -0.15) is 0 Å². The number of halogens is 2. The Morgan fingerprint density at radius 1 is 1.03 bits per heavy atom. The van der Waals surface area contributed by atoms with Gasteiger partial charge in [0.05, 0.1) is 17.7 Å². The second-order valence-electron chi connectivity index (χ2n) is 8.95. The van der Waals surface area contributed by atoms with Crippen LogP contribution in [0.15, 0.2) is 59.0 Å². The number of carbonyl (C=O) groups is 2. The van der Waals surface area contributed by atoms with Gasteiger partial charge >= 0.3 is 6.09 Å². The Labute approximate surface area is 213 Å². The van der Waals surface area contributed by atoms with Gasteiger partial charge in [-0.05, 0) is 36.8 Å². The van der Waals surface area contributed by atoms with Crippen LogP contribution >= 0.6 is 23.2 Å². The predicted octanol–water partition coefficient (Wildman–Crippen LogP) is 8.27. The normalized spacial score (nSPS) is 11.5. The van der Waals surface area contributed by atoms with Crippen LogP contribution < -0.4 is 5.32 Å². The van der Waals surface area contributed by atoms with Crippen LogP contribution in [0.25, 0.3) is 33.5 Å². The van der Waals surface area contributed by atoms with Gasteiger partial charge in [-0.15, -0.1) is 0 Å². The first-order valence-electron chi connectivity index (χ1n) is 11.1. The molecule has 35 heavy (non-hydrogen) atoms. The maximum Gasteiger partial charge on any atom is 0.411 e. The third kappa shape index (κ3) is 5.04. The molecule has 0 saturated carbocycles. The summed E-state index contributed by atoms with van der Waals surface area (Å²) in [5.41, 5.74) is 2.46. The highest BCUT2D eigenvalue weighted by molar-refractivity contribution is 6.33. The molecule has 0 radical (unpaired) electrons. The number of ketones is 1. The standard InChI is InChI=1S/C27H24Cl2N2O4/c1-5-34-26(33)31-22-19-14-18(15-10-12-16(28)13-11-15)21(17-8-6-7-9-20(17)29)30-25(19)35-23(22)24(32)27(2,3)4/h6-14H,5H2,1-4H3,(H,31,33). The predicted molar refractivity (Wildman–Crippen MR) is 139 cm³/mol. The first kappa shape index (κ1) is 24.8. The van der Waals surface area contributed by atoms with Gasteiger partial charge in [0.25, 0.3) is 0 Å². The molecule has 2 aromatic carbocycles. The van der Waals surface area contributed by atoms with E-state index in [9.17, 15) is 9.59 Å². The lowest BCUT2D eigenvalue weighted by Crippen LogP contribution is -2.22. The van der Waals surface area contributed by atoms with Crippen molar-refractivity contribution in [1.29, 1.82) is 0 Å². The number of furan rings is 1.